The number of aliphatic hydroxyl groups is 2. The Hall–Kier alpha value is -1.66. The minimum atomic E-state index is -0.981. The van der Waals surface area contributed by atoms with E-state index < -0.39 is 11.9 Å². The van der Waals surface area contributed by atoms with Crippen LogP contribution >= 0.6 is 0 Å². The van der Waals surface area contributed by atoms with Gasteiger partial charge in [-0.15, -0.1) is 0 Å². The fourth-order valence-corrected chi connectivity index (χ4v) is 1.60. The maximum Gasteiger partial charge on any atom is 0.327 e. The van der Waals surface area contributed by atoms with Gasteiger partial charge in [0.25, 0.3) is 0 Å². The maximum atomic E-state index is 9.25. The molecule has 0 aromatic heterocycles. The lowest BCUT2D eigenvalue weighted by atomic mass is 9.83. The van der Waals surface area contributed by atoms with Gasteiger partial charge in [-0.3, -0.25) is 0 Å². The molecule has 1 rings (SSSR count). The zero-order valence-corrected chi connectivity index (χ0v) is 11.6. The number of rotatable bonds is 4. The molecule has 0 amide bonds. The zero-order chi connectivity index (χ0) is 16.0. The Bertz CT molecular complexity index is 262. The lowest BCUT2D eigenvalue weighted by Crippen LogP contribution is -2.19. The highest BCUT2D eigenvalue weighted by atomic mass is 16.4. The molecule has 1 aliphatic rings. The Labute approximate surface area is 119 Å². The molecule has 1 fully saturated rings. The Kier molecular flexibility index (Phi) is 14.2. The molecule has 6 nitrogen and oxygen atoms in total. The number of carbonyl (C=O) groups is 2. The third-order valence-corrected chi connectivity index (χ3v) is 2.83. The molecule has 20 heavy (non-hydrogen) atoms. The van der Waals surface area contributed by atoms with Gasteiger partial charge in [-0.05, 0) is 37.5 Å². The van der Waals surface area contributed by atoms with Crippen molar-refractivity contribution in [3.8, 4) is 0 Å². The summed E-state index contributed by atoms with van der Waals surface area (Å²) in [6.07, 6.45) is 6.06. The van der Waals surface area contributed by atoms with Gasteiger partial charge in [0.05, 0.1) is 0 Å². The Balaban J connectivity index is 0. The van der Waals surface area contributed by atoms with E-state index in [0.29, 0.717) is 25.0 Å². The van der Waals surface area contributed by atoms with E-state index in [-0.39, 0.29) is 0 Å². The highest BCUT2D eigenvalue weighted by molar-refractivity contribution is 5.79. The van der Waals surface area contributed by atoms with Crippen LogP contribution in [0.15, 0.2) is 25.3 Å². The summed E-state index contributed by atoms with van der Waals surface area (Å²) in [5, 5.41) is 32.8. The topological polar surface area (TPSA) is 115 Å². The van der Waals surface area contributed by atoms with Crippen molar-refractivity contribution in [2.75, 3.05) is 13.2 Å². The molecule has 6 heteroatoms. The largest absolute Gasteiger partial charge is 0.478 e. The average Bonchev–Trinajstić information content (AvgIpc) is 2.48. The van der Waals surface area contributed by atoms with Crippen LogP contribution in [0, 0.1) is 11.8 Å². The van der Waals surface area contributed by atoms with Crippen molar-refractivity contribution in [3.05, 3.63) is 25.3 Å². The number of aliphatic hydroxyl groups excluding tert-OH is 2. The number of carboxylic acid groups (broad SMARTS) is 2. The quantitative estimate of drug-likeness (QED) is 0.579. The minimum Gasteiger partial charge on any atom is -0.478 e. The molecular weight excluding hydrogens is 264 g/mol. The summed E-state index contributed by atoms with van der Waals surface area (Å²) in [7, 11) is 0. The fourth-order valence-electron chi connectivity index (χ4n) is 1.60. The first-order valence-electron chi connectivity index (χ1n) is 6.33. The summed E-state index contributed by atoms with van der Waals surface area (Å²) in [6.45, 7) is 6.58. The van der Waals surface area contributed by atoms with Gasteiger partial charge >= 0.3 is 11.9 Å². The van der Waals surface area contributed by atoms with Crippen molar-refractivity contribution < 1.29 is 30.0 Å². The number of hydrogen-bond donors (Lipinski definition) is 4. The summed E-state index contributed by atoms with van der Waals surface area (Å²) >= 11 is 0. The summed E-state index contributed by atoms with van der Waals surface area (Å²) in [4.78, 5) is 18.5. The molecule has 0 saturated heterocycles. The SMILES string of the molecule is C=CC(=O)O.C=CC(=O)O.OCC1CCC(CO)CC1. The molecule has 1 aliphatic carbocycles. The van der Waals surface area contributed by atoms with Crippen molar-refractivity contribution in [2.45, 2.75) is 25.7 Å². The van der Waals surface area contributed by atoms with E-state index in [1.165, 1.54) is 0 Å². The first-order valence-corrected chi connectivity index (χ1v) is 6.33. The molecule has 0 radical (unpaired) electrons. The molecule has 0 spiro atoms. The molecule has 0 heterocycles. The third kappa shape index (κ3) is 14.4. The highest BCUT2D eigenvalue weighted by Gasteiger charge is 2.19. The van der Waals surface area contributed by atoms with Crippen molar-refractivity contribution >= 4 is 11.9 Å². The van der Waals surface area contributed by atoms with E-state index in [2.05, 4.69) is 13.2 Å². The third-order valence-electron chi connectivity index (χ3n) is 2.83. The Morgan fingerprint density at radius 2 is 1.05 bits per heavy atom. The lowest BCUT2D eigenvalue weighted by molar-refractivity contribution is -0.132. The first-order chi connectivity index (χ1) is 9.40. The van der Waals surface area contributed by atoms with E-state index in [9.17, 15) is 9.59 Å². The van der Waals surface area contributed by atoms with Crippen LogP contribution in [-0.4, -0.2) is 45.6 Å². The summed E-state index contributed by atoms with van der Waals surface area (Å²) in [5.41, 5.74) is 0. The normalized spacial score (nSPS) is 20.3. The van der Waals surface area contributed by atoms with Crippen molar-refractivity contribution in [1.82, 2.24) is 0 Å². The predicted octanol–water partition coefficient (Wildman–Crippen LogP) is 1.29. The number of hydrogen-bond acceptors (Lipinski definition) is 4. The summed E-state index contributed by atoms with van der Waals surface area (Å²) in [6, 6.07) is 0. The van der Waals surface area contributed by atoms with Crippen LogP contribution in [-0.2, 0) is 9.59 Å². The van der Waals surface area contributed by atoms with Crippen molar-refractivity contribution in [2.24, 2.45) is 11.8 Å². The predicted molar refractivity (Wildman–Crippen MR) is 75.3 cm³/mol. The molecule has 0 bridgehead atoms. The van der Waals surface area contributed by atoms with E-state index in [1.807, 2.05) is 0 Å². The van der Waals surface area contributed by atoms with Crippen molar-refractivity contribution in [3.63, 3.8) is 0 Å². The summed E-state index contributed by atoms with van der Waals surface area (Å²) < 4.78 is 0. The van der Waals surface area contributed by atoms with Gasteiger partial charge in [0, 0.05) is 25.4 Å². The second kappa shape index (κ2) is 13.8. The van der Waals surface area contributed by atoms with E-state index in [4.69, 9.17) is 20.4 Å². The van der Waals surface area contributed by atoms with Crippen LogP contribution in [0.2, 0.25) is 0 Å². The van der Waals surface area contributed by atoms with Crippen LogP contribution in [0.25, 0.3) is 0 Å². The van der Waals surface area contributed by atoms with E-state index in [1.54, 1.807) is 0 Å². The monoisotopic (exact) mass is 288 g/mol. The van der Waals surface area contributed by atoms with E-state index >= 15 is 0 Å². The average molecular weight is 288 g/mol. The van der Waals surface area contributed by atoms with Crippen LogP contribution < -0.4 is 0 Å². The first kappa shape index (κ1) is 20.7. The molecular formula is C14H24O6. The molecule has 116 valence electrons. The second-order valence-electron chi connectivity index (χ2n) is 4.34. The molecule has 1 saturated carbocycles. The zero-order valence-electron chi connectivity index (χ0n) is 11.6. The molecule has 4 N–H and O–H groups in total. The van der Waals surface area contributed by atoms with Gasteiger partial charge in [-0.25, -0.2) is 9.59 Å². The van der Waals surface area contributed by atoms with E-state index in [0.717, 1.165) is 37.8 Å². The highest BCUT2D eigenvalue weighted by Crippen LogP contribution is 2.27. The number of aliphatic carboxylic acids is 2. The molecule has 0 aliphatic heterocycles. The smallest absolute Gasteiger partial charge is 0.327 e. The summed E-state index contributed by atoms with van der Waals surface area (Å²) in [5.74, 6) is -0.930. The minimum absolute atomic E-state index is 0.331. The molecule has 0 aromatic carbocycles. The fraction of sp³-hybridized carbons (Fsp3) is 0.571. The number of carboxylic acids is 2. The molecule has 0 atom stereocenters. The Morgan fingerprint density at radius 1 is 0.850 bits per heavy atom. The Morgan fingerprint density at radius 3 is 1.15 bits per heavy atom. The van der Waals surface area contributed by atoms with Crippen molar-refractivity contribution in [1.29, 1.82) is 0 Å². The molecule has 0 aromatic rings. The van der Waals surface area contributed by atoms with Gasteiger partial charge in [0.15, 0.2) is 0 Å². The van der Waals surface area contributed by atoms with Gasteiger partial charge in [-0.2, -0.15) is 0 Å². The lowest BCUT2D eigenvalue weighted by Gasteiger charge is -2.25. The van der Waals surface area contributed by atoms with Crippen LogP contribution in [0.4, 0.5) is 0 Å². The molecule has 0 unspecified atom stereocenters. The second-order valence-corrected chi connectivity index (χ2v) is 4.34. The maximum absolute atomic E-state index is 9.25. The van der Waals surface area contributed by atoms with Gasteiger partial charge in [0.1, 0.15) is 0 Å². The standard InChI is InChI=1S/C8H16O2.2C3H4O2/c9-5-7-1-2-8(6-10)4-3-7;2*1-2-3(4)5/h7-10H,1-6H2;2*2H,1H2,(H,4,5). The van der Waals surface area contributed by atoms with Crippen LogP contribution in [0.3, 0.4) is 0 Å². The van der Waals surface area contributed by atoms with Gasteiger partial charge < -0.3 is 20.4 Å². The van der Waals surface area contributed by atoms with Crippen LogP contribution in [0.1, 0.15) is 25.7 Å². The van der Waals surface area contributed by atoms with Gasteiger partial charge in [0.2, 0.25) is 0 Å². The van der Waals surface area contributed by atoms with Gasteiger partial charge in [-0.1, -0.05) is 13.2 Å². The van der Waals surface area contributed by atoms with Crippen LogP contribution in [0.5, 0.6) is 0 Å².